The van der Waals surface area contributed by atoms with Crippen LogP contribution in [-0.2, 0) is 14.8 Å². The number of nitrogens with two attached hydrogens (primary N) is 1. The molecule has 0 spiro atoms. The zero-order valence-electron chi connectivity index (χ0n) is 16.5. The number of aryl methyl sites for hydroxylation is 1. The summed E-state index contributed by atoms with van der Waals surface area (Å²) < 4.78 is 37.2. The van der Waals surface area contributed by atoms with Gasteiger partial charge in [-0.15, -0.1) is 9.19 Å². The van der Waals surface area contributed by atoms with E-state index in [2.05, 4.69) is 19.8 Å². The second-order valence-electron chi connectivity index (χ2n) is 6.52. The Kier molecular flexibility index (Phi) is 5.03. The van der Waals surface area contributed by atoms with Crippen molar-refractivity contribution in [3.63, 3.8) is 0 Å². The van der Waals surface area contributed by atoms with E-state index in [1.54, 1.807) is 54.6 Å². The predicted molar refractivity (Wildman–Crippen MR) is 110 cm³/mol. The first-order valence-electron chi connectivity index (χ1n) is 9.01. The Morgan fingerprint density at radius 2 is 1.71 bits per heavy atom. The van der Waals surface area contributed by atoms with Crippen molar-refractivity contribution in [1.29, 1.82) is 0 Å². The van der Waals surface area contributed by atoms with Crippen LogP contribution >= 0.6 is 0 Å². The SMILES string of the molecule is COC(=O)c1nc(-c2ccc(C)cc2)oc1S(=O)(=O)n1nc(-c2ccccc2)nc1N. The Labute approximate surface area is 177 Å². The van der Waals surface area contributed by atoms with Crippen LogP contribution in [-0.4, -0.2) is 40.7 Å². The lowest BCUT2D eigenvalue weighted by molar-refractivity contribution is 0.0587. The van der Waals surface area contributed by atoms with Gasteiger partial charge >= 0.3 is 16.0 Å². The zero-order chi connectivity index (χ0) is 22.2. The van der Waals surface area contributed by atoms with E-state index in [1.807, 2.05) is 6.92 Å². The number of benzene rings is 2. The first-order chi connectivity index (χ1) is 14.8. The molecule has 0 fully saturated rings. The summed E-state index contributed by atoms with van der Waals surface area (Å²) in [7, 11) is -3.44. The average molecular weight is 439 g/mol. The summed E-state index contributed by atoms with van der Waals surface area (Å²) in [6.07, 6.45) is 0. The number of nitrogen functional groups attached to an aromatic ring is 1. The molecule has 31 heavy (non-hydrogen) atoms. The van der Waals surface area contributed by atoms with Crippen LogP contribution in [0.1, 0.15) is 16.1 Å². The molecule has 4 rings (SSSR count). The molecule has 0 amide bonds. The van der Waals surface area contributed by atoms with Crippen molar-refractivity contribution < 1.29 is 22.4 Å². The predicted octanol–water partition coefficient (Wildman–Crippen LogP) is 2.51. The molecule has 0 unspecified atom stereocenters. The highest BCUT2D eigenvalue weighted by Gasteiger charge is 2.35. The Hall–Kier alpha value is -3.99. The normalized spacial score (nSPS) is 11.4. The van der Waals surface area contributed by atoms with Crippen LogP contribution in [0, 0.1) is 6.92 Å². The van der Waals surface area contributed by atoms with E-state index in [9.17, 15) is 13.2 Å². The highest BCUT2D eigenvalue weighted by atomic mass is 32.2. The third kappa shape index (κ3) is 3.66. The molecule has 158 valence electrons. The molecule has 2 aromatic heterocycles. The highest BCUT2D eigenvalue weighted by Crippen LogP contribution is 2.29. The van der Waals surface area contributed by atoms with Crippen molar-refractivity contribution >= 4 is 21.9 Å². The van der Waals surface area contributed by atoms with E-state index >= 15 is 0 Å². The number of aromatic nitrogens is 4. The van der Waals surface area contributed by atoms with Gasteiger partial charge in [0.25, 0.3) is 5.09 Å². The van der Waals surface area contributed by atoms with Gasteiger partial charge in [0.2, 0.25) is 17.5 Å². The number of hydrogen-bond acceptors (Lipinski definition) is 9. The van der Waals surface area contributed by atoms with Crippen molar-refractivity contribution in [3.05, 3.63) is 65.9 Å². The molecule has 0 bridgehead atoms. The van der Waals surface area contributed by atoms with Gasteiger partial charge in [-0.3, -0.25) is 0 Å². The van der Waals surface area contributed by atoms with E-state index in [1.165, 1.54) is 0 Å². The quantitative estimate of drug-likeness (QED) is 0.464. The Balaban J connectivity index is 1.85. The molecule has 10 nitrogen and oxygen atoms in total. The summed E-state index contributed by atoms with van der Waals surface area (Å²) in [6, 6.07) is 15.7. The van der Waals surface area contributed by atoms with Gasteiger partial charge in [-0.05, 0) is 19.1 Å². The number of rotatable bonds is 5. The maximum Gasteiger partial charge on any atom is 0.361 e. The molecule has 2 aromatic carbocycles. The molecule has 0 aliphatic rings. The van der Waals surface area contributed by atoms with E-state index in [0.717, 1.165) is 12.7 Å². The third-order valence-electron chi connectivity index (χ3n) is 4.37. The van der Waals surface area contributed by atoms with Crippen molar-refractivity contribution in [1.82, 2.24) is 19.2 Å². The summed E-state index contributed by atoms with van der Waals surface area (Å²) >= 11 is 0. The summed E-state index contributed by atoms with van der Waals surface area (Å²) in [6.45, 7) is 1.90. The van der Waals surface area contributed by atoms with Crippen LogP contribution in [0.2, 0.25) is 0 Å². The van der Waals surface area contributed by atoms with Crippen molar-refractivity contribution in [2.45, 2.75) is 12.0 Å². The number of methoxy groups -OCH3 is 1. The highest BCUT2D eigenvalue weighted by molar-refractivity contribution is 7.89. The number of hydrogen-bond donors (Lipinski definition) is 1. The van der Waals surface area contributed by atoms with Gasteiger partial charge in [0, 0.05) is 11.1 Å². The minimum Gasteiger partial charge on any atom is -0.464 e. The van der Waals surface area contributed by atoms with Crippen molar-refractivity contribution in [3.8, 4) is 22.8 Å². The van der Waals surface area contributed by atoms with Crippen LogP contribution in [0.4, 0.5) is 5.95 Å². The van der Waals surface area contributed by atoms with Gasteiger partial charge < -0.3 is 14.9 Å². The third-order valence-corrected chi connectivity index (χ3v) is 5.84. The second kappa shape index (κ2) is 7.69. The molecule has 0 aliphatic heterocycles. The number of anilines is 1. The molecule has 11 heteroatoms. The van der Waals surface area contributed by atoms with Crippen LogP contribution < -0.4 is 5.73 Å². The van der Waals surface area contributed by atoms with E-state index in [4.69, 9.17) is 10.2 Å². The molecule has 0 saturated heterocycles. The van der Waals surface area contributed by atoms with E-state index in [0.29, 0.717) is 15.2 Å². The number of carbonyl (C=O) groups excluding carboxylic acids is 1. The Morgan fingerprint density at radius 3 is 2.35 bits per heavy atom. The summed E-state index contributed by atoms with van der Waals surface area (Å²) in [4.78, 5) is 20.3. The minimum absolute atomic E-state index is 0.0686. The number of carbonyl (C=O) groups is 1. The van der Waals surface area contributed by atoms with Crippen LogP contribution in [0.5, 0.6) is 0 Å². The minimum atomic E-state index is -4.55. The largest absolute Gasteiger partial charge is 0.464 e. The van der Waals surface area contributed by atoms with Gasteiger partial charge in [0.1, 0.15) is 0 Å². The molecule has 4 aromatic rings. The van der Waals surface area contributed by atoms with Gasteiger partial charge in [-0.1, -0.05) is 48.0 Å². The fourth-order valence-corrected chi connectivity index (χ4v) is 3.99. The standard InChI is InChI=1S/C20H17N5O5S/c1-12-8-10-14(11-9-12)17-22-15(18(26)29-2)19(30-17)31(27,28)25-20(21)23-16(24-25)13-6-4-3-5-7-13/h3-11H,1-2H3,(H2,21,23,24). The molecule has 2 heterocycles. The summed E-state index contributed by atoms with van der Waals surface area (Å²) in [5, 5.41) is 3.26. The molecule has 0 aliphatic carbocycles. The van der Waals surface area contributed by atoms with E-state index < -0.39 is 32.7 Å². The van der Waals surface area contributed by atoms with Crippen molar-refractivity contribution in [2.75, 3.05) is 12.8 Å². The molecule has 0 saturated carbocycles. The monoisotopic (exact) mass is 439 g/mol. The first-order valence-corrected chi connectivity index (χ1v) is 10.4. The zero-order valence-corrected chi connectivity index (χ0v) is 17.3. The van der Waals surface area contributed by atoms with Gasteiger partial charge in [0.15, 0.2) is 5.82 Å². The van der Waals surface area contributed by atoms with Crippen LogP contribution in [0.15, 0.2) is 64.1 Å². The topological polar surface area (TPSA) is 143 Å². The van der Waals surface area contributed by atoms with Crippen LogP contribution in [0.25, 0.3) is 22.8 Å². The maximum absolute atomic E-state index is 13.3. The Morgan fingerprint density at radius 1 is 1.03 bits per heavy atom. The number of ether oxygens (including phenoxy) is 1. The van der Waals surface area contributed by atoms with Crippen LogP contribution in [0.3, 0.4) is 0 Å². The summed E-state index contributed by atoms with van der Waals surface area (Å²) in [5.74, 6) is -1.36. The number of esters is 1. The van der Waals surface area contributed by atoms with Gasteiger partial charge in [-0.2, -0.15) is 13.4 Å². The first kappa shape index (κ1) is 20.3. The molecule has 0 radical (unpaired) electrons. The fourth-order valence-electron chi connectivity index (χ4n) is 2.80. The van der Waals surface area contributed by atoms with Crippen molar-refractivity contribution in [2.24, 2.45) is 0 Å². The van der Waals surface area contributed by atoms with E-state index in [-0.39, 0.29) is 11.7 Å². The molecular formula is C20H17N5O5S. The summed E-state index contributed by atoms with van der Waals surface area (Å²) in [5.41, 5.74) is 7.34. The maximum atomic E-state index is 13.3. The lowest BCUT2D eigenvalue weighted by Crippen LogP contribution is -2.19. The molecule has 2 N–H and O–H groups in total. The molecular weight excluding hydrogens is 422 g/mol. The Bertz CT molecular complexity index is 1360. The smallest absolute Gasteiger partial charge is 0.361 e. The van der Waals surface area contributed by atoms with Gasteiger partial charge in [0.05, 0.1) is 7.11 Å². The number of nitrogens with zero attached hydrogens (tertiary/aromatic N) is 4. The second-order valence-corrected chi connectivity index (χ2v) is 8.19. The average Bonchev–Trinajstić information content (AvgIpc) is 3.39. The lowest BCUT2D eigenvalue weighted by Gasteiger charge is -2.03. The fraction of sp³-hybridized carbons (Fsp3) is 0.100. The molecule has 0 atom stereocenters. The number of oxazole rings is 1. The lowest BCUT2D eigenvalue weighted by atomic mass is 10.1. The van der Waals surface area contributed by atoms with Gasteiger partial charge in [-0.25, -0.2) is 9.78 Å².